The SMILES string of the molecule is NNC(Cc1ccncc1)c1ccc2c(c1)OCCO2. The topological polar surface area (TPSA) is 69.4 Å². The molecule has 0 aliphatic carbocycles. The summed E-state index contributed by atoms with van der Waals surface area (Å²) in [7, 11) is 0. The van der Waals surface area contributed by atoms with Gasteiger partial charge in [-0.2, -0.15) is 0 Å². The van der Waals surface area contributed by atoms with Gasteiger partial charge in [0.05, 0.1) is 6.04 Å². The molecule has 5 nitrogen and oxygen atoms in total. The predicted octanol–water partition coefficient (Wildman–Crippen LogP) is 1.60. The highest BCUT2D eigenvalue weighted by Crippen LogP contribution is 2.33. The van der Waals surface area contributed by atoms with Gasteiger partial charge in [0.1, 0.15) is 13.2 Å². The van der Waals surface area contributed by atoms with Gasteiger partial charge in [-0.25, -0.2) is 0 Å². The van der Waals surface area contributed by atoms with Gasteiger partial charge in [-0.3, -0.25) is 16.3 Å². The Hall–Kier alpha value is -2.11. The number of hydrazine groups is 1. The Morgan fingerprint density at radius 2 is 1.85 bits per heavy atom. The van der Waals surface area contributed by atoms with Crippen LogP contribution >= 0.6 is 0 Å². The molecule has 2 aromatic rings. The van der Waals surface area contributed by atoms with Crippen molar-refractivity contribution in [2.24, 2.45) is 5.84 Å². The van der Waals surface area contributed by atoms with E-state index in [4.69, 9.17) is 15.3 Å². The Morgan fingerprint density at radius 1 is 1.10 bits per heavy atom. The highest BCUT2D eigenvalue weighted by atomic mass is 16.6. The summed E-state index contributed by atoms with van der Waals surface area (Å²) in [4.78, 5) is 4.02. The van der Waals surface area contributed by atoms with Crippen molar-refractivity contribution in [2.45, 2.75) is 12.5 Å². The molecule has 3 N–H and O–H groups in total. The van der Waals surface area contributed by atoms with Gasteiger partial charge in [0, 0.05) is 12.4 Å². The molecule has 1 aliphatic rings. The third kappa shape index (κ3) is 2.74. The fourth-order valence-corrected chi connectivity index (χ4v) is 2.30. The van der Waals surface area contributed by atoms with Crippen LogP contribution in [0.3, 0.4) is 0 Å². The summed E-state index contributed by atoms with van der Waals surface area (Å²) in [5.74, 6) is 7.26. The molecule has 1 aliphatic heterocycles. The molecule has 0 saturated heterocycles. The zero-order valence-electron chi connectivity index (χ0n) is 11.1. The minimum Gasteiger partial charge on any atom is -0.486 e. The molecule has 1 atom stereocenters. The molecule has 0 radical (unpaired) electrons. The lowest BCUT2D eigenvalue weighted by Crippen LogP contribution is -2.29. The molecule has 0 spiro atoms. The number of ether oxygens (including phenoxy) is 2. The van der Waals surface area contributed by atoms with Crippen LogP contribution in [0.15, 0.2) is 42.7 Å². The number of nitrogens with two attached hydrogens (primary N) is 1. The molecule has 1 unspecified atom stereocenters. The number of nitrogens with one attached hydrogen (secondary N) is 1. The number of hydrogen-bond acceptors (Lipinski definition) is 5. The Kier molecular flexibility index (Phi) is 3.80. The average molecular weight is 271 g/mol. The second-order valence-electron chi connectivity index (χ2n) is 4.68. The number of nitrogens with zero attached hydrogens (tertiary/aromatic N) is 1. The van der Waals surface area contributed by atoms with E-state index in [9.17, 15) is 0 Å². The first-order valence-electron chi connectivity index (χ1n) is 6.61. The Morgan fingerprint density at radius 3 is 2.60 bits per heavy atom. The van der Waals surface area contributed by atoms with Crippen LogP contribution in [0.2, 0.25) is 0 Å². The van der Waals surface area contributed by atoms with Crippen molar-refractivity contribution in [3.05, 3.63) is 53.9 Å². The van der Waals surface area contributed by atoms with Gasteiger partial charge in [0.25, 0.3) is 0 Å². The standard InChI is InChI=1S/C15H17N3O2/c16-18-13(9-11-3-5-17-6-4-11)12-1-2-14-15(10-12)20-8-7-19-14/h1-6,10,13,18H,7-9,16H2. The fourth-order valence-electron chi connectivity index (χ4n) is 2.30. The average Bonchev–Trinajstić information content (AvgIpc) is 2.53. The quantitative estimate of drug-likeness (QED) is 0.653. The monoisotopic (exact) mass is 271 g/mol. The molecule has 0 bridgehead atoms. The Balaban J connectivity index is 1.82. The van der Waals surface area contributed by atoms with Gasteiger partial charge in [-0.15, -0.1) is 0 Å². The summed E-state index contributed by atoms with van der Waals surface area (Å²) >= 11 is 0. The summed E-state index contributed by atoms with van der Waals surface area (Å²) in [6.45, 7) is 1.18. The molecule has 2 heterocycles. The lowest BCUT2D eigenvalue weighted by molar-refractivity contribution is 0.171. The minimum absolute atomic E-state index is 0.0215. The minimum atomic E-state index is 0.0215. The van der Waals surface area contributed by atoms with E-state index < -0.39 is 0 Å². The summed E-state index contributed by atoms with van der Waals surface area (Å²) in [6.07, 6.45) is 4.36. The molecule has 1 aromatic heterocycles. The zero-order chi connectivity index (χ0) is 13.8. The van der Waals surface area contributed by atoms with Crippen LogP contribution in [0.25, 0.3) is 0 Å². The van der Waals surface area contributed by atoms with Crippen molar-refractivity contribution in [3.8, 4) is 11.5 Å². The van der Waals surface area contributed by atoms with Gasteiger partial charge in [-0.1, -0.05) is 6.07 Å². The van der Waals surface area contributed by atoms with E-state index in [0.717, 1.165) is 23.5 Å². The van der Waals surface area contributed by atoms with Crippen LogP contribution in [0.4, 0.5) is 0 Å². The Labute approximate surface area is 117 Å². The Bertz CT molecular complexity index is 575. The van der Waals surface area contributed by atoms with Crippen molar-refractivity contribution < 1.29 is 9.47 Å². The normalized spacial score (nSPS) is 14.8. The molecule has 0 saturated carbocycles. The largest absolute Gasteiger partial charge is 0.486 e. The van der Waals surface area contributed by atoms with Crippen molar-refractivity contribution in [3.63, 3.8) is 0 Å². The molecule has 3 rings (SSSR count). The third-order valence-corrected chi connectivity index (χ3v) is 3.36. The smallest absolute Gasteiger partial charge is 0.161 e. The van der Waals surface area contributed by atoms with Crippen LogP contribution < -0.4 is 20.7 Å². The van der Waals surface area contributed by atoms with Gasteiger partial charge < -0.3 is 9.47 Å². The number of rotatable bonds is 4. The summed E-state index contributed by atoms with van der Waals surface area (Å²) in [5, 5.41) is 0. The van der Waals surface area contributed by atoms with E-state index >= 15 is 0 Å². The van der Waals surface area contributed by atoms with Crippen LogP contribution in [-0.4, -0.2) is 18.2 Å². The van der Waals surface area contributed by atoms with E-state index in [-0.39, 0.29) is 6.04 Å². The number of benzene rings is 1. The van der Waals surface area contributed by atoms with Crippen molar-refractivity contribution in [1.29, 1.82) is 0 Å². The van der Waals surface area contributed by atoms with Crippen molar-refractivity contribution in [1.82, 2.24) is 10.4 Å². The second kappa shape index (κ2) is 5.90. The van der Waals surface area contributed by atoms with Crippen LogP contribution in [-0.2, 0) is 6.42 Å². The van der Waals surface area contributed by atoms with Gasteiger partial charge >= 0.3 is 0 Å². The molecule has 0 amide bonds. The van der Waals surface area contributed by atoms with E-state index in [2.05, 4.69) is 10.4 Å². The van der Waals surface area contributed by atoms with Crippen molar-refractivity contribution in [2.75, 3.05) is 13.2 Å². The van der Waals surface area contributed by atoms with Crippen LogP contribution in [0, 0.1) is 0 Å². The molecule has 5 heteroatoms. The second-order valence-corrected chi connectivity index (χ2v) is 4.68. The van der Waals surface area contributed by atoms with E-state index in [0.29, 0.717) is 13.2 Å². The molecule has 20 heavy (non-hydrogen) atoms. The van der Waals surface area contributed by atoms with E-state index in [1.165, 1.54) is 5.56 Å². The maximum Gasteiger partial charge on any atom is 0.161 e. The summed E-state index contributed by atoms with van der Waals surface area (Å²) in [5.41, 5.74) is 5.11. The first-order chi connectivity index (χ1) is 9.86. The number of pyridine rings is 1. The fraction of sp³-hybridized carbons (Fsp3) is 0.267. The first kappa shape index (κ1) is 12.9. The number of aromatic nitrogens is 1. The third-order valence-electron chi connectivity index (χ3n) is 3.36. The highest BCUT2D eigenvalue weighted by molar-refractivity contribution is 5.44. The summed E-state index contributed by atoms with van der Waals surface area (Å²) < 4.78 is 11.1. The van der Waals surface area contributed by atoms with Crippen molar-refractivity contribution >= 4 is 0 Å². The number of hydrogen-bond donors (Lipinski definition) is 2. The lowest BCUT2D eigenvalue weighted by Gasteiger charge is -2.22. The first-order valence-corrected chi connectivity index (χ1v) is 6.61. The molecule has 0 fully saturated rings. The molecular formula is C15H17N3O2. The highest BCUT2D eigenvalue weighted by Gasteiger charge is 2.16. The van der Waals surface area contributed by atoms with Gasteiger partial charge in [0.15, 0.2) is 11.5 Å². The van der Waals surface area contributed by atoms with E-state index in [1.54, 1.807) is 12.4 Å². The zero-order valence-corrected chi connectivity index (χ0v) is 11.1. The van der Waals surface area contributed by atoms with Crippen LogP contribution in [0.1, 0.15) is 17.2 Å². The molecular weight excluding hydrogens is 254 g/mol. The number of fused-ring (bicyclic) bond motifs is 1. The lowest BCUT2D eigenvalue weighted by atomic mass is 9.99. The maximum atomic E-state index is 5.69. The maximum absolute atomic E-state index is 5.69. The van der Waals surface area contributed by atoms with Gasteiger partial charge in [0.2, 0.25) is 0 Å². The molecule has 104 valence electrons. The van der Waals surface area contributed by atoms with Gasteiger partial charge in [-0.05, 0) is 41.8 Å². The van der Waals surface area contributed by atoms with Crippen LogP contribution in [0.5, 0.6) is 11.5 Å². The van der Waals surface area contributed by atoms with E-state index in [1.807, 2.05) is 30.3 Å². The molecule has 1 aromatic carbocycles. The predicted molar refractivity (Wildman–Crippen MR) is 75.4 cm³/mol. The summed E-state index contributed by atoms with van der Waals surface area (Å²) in [6, 6.07) is 9.93.